The van der Waals surface area contributed by atoms with E-state index in [9.17, 15) is 9.90 Å². The van der Waals surface area contributed by atoms with E-state index in [1.54, 1.807) is 12.1 Å². The maximum Gasteiger partial charge on any atom is 0.220 e. The van der Waals surface area contributed by atoms with Crippen molar-refractivity contribution in [3.05, 3.63) is 77.9 Å². The van der Waals surface area contributed by atoms with Gasteiger partial charge in [0.15, 0.2) is 0 Å². The molecule has 0 radical (unpaired) electrons. The van der Waals surface area contributed by atoms with Gasteiger partial charge in [0.1, 0.15) is 5.75 Å². The molecule has 0 aromatic heterocycles. The fraction of sp³-hybridized carbons (Fsp3) is 0.190. The Morgan fingerprint density at radius 2 is 1.71 bits per heavy atom. The van der Waals surface area contributed by atoms with E-state index >= 15 is 0 Å². The minimum Gasteiger partial charge on any atom is -0.508 e. The van der Waals surface area contributed by atoms with Gasteiger partial charge in [-0.2, -0.15) is 0 Å². The van der Waals surface area contributed by atoms with Crippen molar-refractivity contribution in [2.75, 3.05) is 0 Å². The van der Waals surface area contributed by atoms with Crippen LogP contribution in [-0.4, -0.2) is 11.0 Å². The molecule has 1 unspecified atom stereocenters. The summed E-state index contributed by atoms with van der Waals surface area (Å²) < 4.78 is 0. The molecule has 0 fully saturated rings. The second-order valence-electron chi connectivity index (χ2n) is 5.99. The average Bonchev–Trinajstić information content (AvgIpc) is 2.60. The first-order valence-electron chi connectivity index (χ1n) is 8.19. The van der Waals surface area contributed by atoms with Crippen molar-refractivity contribution in [2.24, 2.45) is 0 Å². The number of carbonyl (C=O) groups is 1. The molecule has 0 bridgehead atoms. The summed E-state index contributed by atoms with van der Waals surface area (Å²) in [5, 5.41) is 15.2. The molecule has 3 aromatic carbocycles. The molecule has 0 spiro atoms. The lowest BCUT2D eigenvalue weighted by molar-refractivity contribution is -0.121. The summed E-state index contributed by atoms with van der Waals surface area (Å²) in [6.07, 6.45) is 0.882. The SMILES string of the molecule is CC(NC(=O)CCc1ccccc1O)c1cccc2ccccc12. The molecule has 24 heavy (non-hydrogen) atoms. The zero-order valence-corrected chi connectivity index (χ0v) is 13.7. The van der Waals surface area contributed by atoms with Crippen LogP contribution >= 0.6 is 0 Å². The molecule has 0 aliphatic heterocycles. The Morgan fingerprint density at radius 3 is 2.54 bits per heavy atom. The highest BCUT2D eigenvalue weighted by Crippen LogP contribution is 2.24. The summed E-state index contributed by atoms with van der Waals surface area (Å²) in [6, 6.07) is 21.4. The Balaban J connectivity index is 1.67. The average molecular weight is 319 g/mol. The van der Waals surface area contributed by atoms with Crippen LogP contribution in [-0.2, 0) is 11.2 Å². The molecule has 0 heterocycles. The van der Waals surface area contributed by atoms with Gasteiger partial charge in [0.25, 0.3) is 0 Å². The smallest absolute Gasteiger partial charge is 0.220 e. The Labute approximate surface area is 142 Å². The van der Waals surface area contributed by atoms with Crippen LogP contribution in [0.25, 0.3) is 10.8 Å². The van der Waals surface area contributed by atoms with Crippen molar-refractivity contribution >= 4 is 16.7 Å². The summed E-state index contributed by atoms with van der Waals surface area (Å²) in [5.74, 6) is 0.228. The van der Waals surface area contributed by atoms with E-state index in [1.807, 2.05) is 37.3 Å². The number of hydrogen-bond donors (Lipinski definition) is 2. The number of rotatable bonds is 5. The van der Waals surface area contributed by atoms with Crippen LogP contribution in [0.2, 0.25) is 0 Å². The highest BCUT2D eigenvalue weighted by molar-refractivity contribution is 5.86. The standard InChI is InChI=1S/C21H21NO2/c1-15(18-11-6-9-16-7-2-4-10-19(16)18)22-21(24)14-13-17-8-3-5-12-20(17)23/h2-12,15,23H,13-14H2,1H3,(H,22,24). The molecule has 0 saturated carbocycles. The van der Waals surface area contributed by atoms with Gasteiger partial charge in [-0.15, -0.1) is 0 Å². The van der Waals surface area contributed by atoms with Crippen molar-refractivity contribution in [1.82, 2.24) is 5.32 Å². The number of phenolic OH excluding ortho intramolecular Hbond substituents is 1. The molecule has 1 atom stereocenters. The third-order valence-corrected chi connectivity index (χ3v) is 4.28. The van der Waals surface area contributed by atoms with Crippen LogP contribution in [0.4, 0.5) is 0 Å². The third kappa shape index (κ3) is 3.57. The first-order valence-corrected chi connectivity index (χ1v) is 8.19. The first kappa shape index (κ1) is 16.1. The summed E-state index contributed by atoms with van der Waals surface area (Å²) in [4.78, 5) is 12.3. The summed E-state index contributed by atoms with van der Waals surface area (Å²) >= 11 is 0. The van der Waals surface area contributed by atoms with E-state index in [0.717, 1.165) is 16.5 Å². The summed E-state index contributed by atoms with van der Waals surface area (Å²) in [7, 11) is 0. The number of carbonyl (C=O) groups excluding carboxylic acids is 1. The molecule has 3 aromatic rings. The number of fused-ring (bicyclic) bond motifs is 1. The molecular weight excluding hydrogens is 298 g/mol. The number of para-hydroxylation sites is 1. The third-order valence-electron chi connectivity index (χ3n) is 4.28. The fourth-order valence-electron chi connectivity index (χ4n) is 2.99. The molecule has 122 valence electrons. The van der Waals surface area contributed by atoms with Crippen molar-refractivity contribution in [2.45, 2.75) is 25.8 Å². The molecular formula is C21H21NO2. The second-order valence-corrected chi connectivity index (χ2v) is 5.99. The molecule has 3 heteroatoms. The second kappa shape index (κ2) is 7.18. The van der Waals surface area contributed by atoms with Gasteiger partial charge < -0.3 is 10.4 Å². The fourth-order valence-corrected chi connectivity index (χ4v) is 2.99. The highest BCUT2D eigenvalue weighted by atomic mass is 16.3. The first-order chi connectivity index (χ1) is 11.6. The van der Waals surface area contributed by atoms with E-state index < -0.39 is 0 Å². The van der Waals surface area contributed by atoms with Gasteiger partial charge >= 0.3 is 0 Å². The van der Waals surface area contributed by atoms with Crippen molar-refractivity contribution in [1.29, 1.82) is 0 Å². The maximum absolute atomic E-state index is 12.3. The predicted octanol–water partition coefficient (Wildman–Crippen LogP) is 4.36. The van der Waals surface area contributed by atoms with Gasteiger partial charge in [-0.25, -0.2) is 0 Å². The zero-order valence-electron chi connectivity index (χ0n) is 13.7. The van der Waals surface area contributed by atoms with Crippen molar-refractivity contribution < 1.29 is 9.90 Å². The number of amides is 1. The summed E-state index contributed by atoms with van der Waals surface area (Å²) in [5.41, 5.74) is 1.91. The van der Waals surface area contributed by atoms with E-state index in [0.29, 0.717) is 12.8 Å². The van der Waals surface area contributed by atoms with Crippen molar-refractivity contribution in [3.8, 4) is 5.75 Å². The lowest BCUT2D eigenvalue weighted by Gasteiger charge is -2.17. The zero-order chi connectivity index (χ0) is 16.9. The van der Waals surface area contributed by atoms with Gasteiger partial charge in [0.2, 0.25) is 5.91 Å². The Bertz CT molecular complexity index is 852. The van der Waals surface area contributed by atoms with Gasteiger partial charge in [-0.05, 0) is 41.3 Å². The van der Waals surface area contributed by atoms with Crippen LogP contribution in [0.5, 0.6) is 5.75 Å². The minimum absolute atomic E-state index is 0.0151. The molecule has 0 aliphatic carbocycles. The van der Waals surface area contributed by atoms with Crippen molar-refractivity contribution in [3.63, 3.8) is 0 Å². The van der Waals surface area contributed by atoms with Crippen LogP contribution in [0.3, 0.4) is 0 Å². The molecule has 0 saturated heterocycles. The van der Waals surface area contributed by atoms with Gasteiger partial charge in [-0.3, -0.25) is 4.79 Å². The Hall–Kier alpha value is -2.81. The van der Waals surface area contributed by atoms with Gasteiger partial charge in [-0.1, -0.05) is 60.7 Å². The van der Waals surface area contributed by atoms with Crippen LogP contribution < -0.4 is 5.32 Å². The number of hydrogen-bond acceptors (Lipinski definition) is 2. The minimum atomic E-state index is -0.0621. The predicted molar refractivity (Wildman–Crippen MR) is 96.9 cm³/mol. The molecule has 2 N–H and O–H groups in total. The lowest BCUT2D eigenvalue weighted by Crippen LogP contribution is -2.26. The van der Waals surface area contributed by atoms with E-state index in [1.165, 1.54) is 5.39 Å². The van der Waals surface area contributed by atoms with Crippen LogP contribution in [0.15, 0.2) is 66.7 Å². The van der Waals surface area contributed by atoms with Gasteiger partial charge in [0, 0.05) is 6.42 Å². The number of aryl methyl sites for hydroxylation is 1. The lowest BCUT2D eigenvalue weighted by atomic mass is 9.99. The molecule has 1 amide bonds. The topological polar surface area (TPSA) is 49.3 Å². The van der Waals surface area contributed by atoms with Crippen LogP contribution in [0.1, 0.15) is 30.5 Å². The number of benzene rings is 3. The summed E-state index contributed by atoms with van der Waals surface area (Å²) in [6.45, 7) is 2.00. The largest absolute Gasteiger partial charge is 0.508 e. The molecule has 3 rings (SSSR count). The maximum atomic E-state index is 12.3. The Morgan fingerprint density at radius 1 is 1.00 bits per heavy atom. The number of nitrogens with one attached hydrogen (secondary N) is 1. The van der Waals surface area contributed by atoms with E-state index in [-0.39, 0.29) is 17.7 Å². The highest BCUT2D eigenvalue weighted by Gasteiger charge is 2.12. The van der Waals surface area contributed by atoms with E-state index in [4.69, 9.17) is 0 Å². The molecule has 0 aliphatic rings. The van der Waals surface area contributed by atoms with E-state index in [2.05, 4.69) is 29.6 Å². The van der Waals surface area contributed by atoms with Crippen LogP contribution in [0, 0.1) is 0 Å². The molecule has 3 nitrogen and oxygen atoms in total. The normalized spacial score (nSPS) is 12.0. The van der Waals surface area contributed by atoms with Gasteiger partial charge in [0.05, 0.1) is 6.04 Å². The monoisotopic (exact) mass is 319 g/mol. The number of aromatic hydroxyl groups is 1. The quantitative estimate of drug-likeness (QED) is 0.734. The Kier molecular flexibility index (Phi) is 4.80. The number of phenols is 1.